The zero-order valence-electron chi connectivity index (χ0n) is 8.08. The van der Waals surface area contributed by atoms with E-state index in [2.05, 4.69) is 26.8 Å². The van der Waals surface area contributed by atoms with Crippen LogP contribution in [0.3, 0.4) is 0 Å². The number of benzene rings is 1. The fraction of sp³-hybridized carbons (Fsp3) is 0.333. The molecule has 0 saturated carbocycles. The molecule has 0 atom stereocenters. The largest absolute Gasteiger partial charge is 0.0720 e. The van der Waals surface area contributed by atoms with Crippen LogP contribution < -0.4 is 10.4 Å². The number of aryl methyl sites for hydroxylation is 1. The van der Waals surface area contributed by atoms with E-state index in [1.54, 1.807) is 15.9 Å². The molecule has 2 heteroatoms. The van der Waals surface area contributed by atoms with Gasteiger partial charge in [0.15, 0.2) is 0 Å². The first-order chi connectivity index (χ1) is 5.04. The molecule has 1 aromatic rings. The highest BCUT2D eigenvalue weighted by Gasteiger charge is 2.02. The summed E-state index contributed by atoms with van der Waals surface area (Å²) in [7, 11) is 2.42. The molecule has 0 aliphatic rings. The Morgan fingerprint density at radius 2 is 1.55 bits per heavy atom. The number of hydrogen-bond acceptors (Lipinski definition) is 0. The van der Waals surface area contributed by atoms with Gasteiger partial charge in [-0.1, -0.05) is 16.4 Å². The summed E-state index contributed by atoms with van der Waals surface area (Å²) in [5, 5.41) is 3.25. The van der Waals surface area contributed by atoms with E-state index in [9.17, 15) is 0 Å². The van der Waals surface area contributed by atoms with Gasteiger partial charge in [-0.05, 0) is 37.5 Å². The van der Waals surface area contributed by atoms with Crippen molar-refractivity contribution in [3.63, 3.8) is 0 Å². The summed E-state index contributed by atoms with van der Waals surface area (Å²) in [6.45, 7) is 6.70. The van der Waals surface area contributed by atoms with Gasteiger partial charge in [-0.25, -0.2) is 0 Å². The highest BCUT2D eigenvalue weighted by atomic mass is 28.2. The maximum Gasteiger partial charge on any atom is 0.0386 e. The Morgan fingerprint density at radius 1 is 1.00 bits per heavy atom. The Morgan fingerprint density at radius 3 is 2.09 bits per heavy atom. The number of rotatable bonds is 0. The molecule has 0 N–H and O–H groups in total. The summed E-state index contributed by atoms with van der Waals surface area (Å²) in [6, 6.07) is 2.36. The van der Waals surface area contributed by atoms with Gasteiger partial charge >= 0.3 is 0 Å². The second-order valence-corrected chi connectivity index (χ2v) is 5.46. The van der Waals surface area contributed by atoms with E-state index < -0.39 is 0 Å². The molecule has 0 unspecified atom stereocenters. The Bertz CT molecular complexity index is 264. The molecule has 0 aromatic heterocycles. The molecule has 1 rings (SSSR count). The van der Waals surface area contributed by atoms with Gasteiger partial charge in [0.05, 0.1) is 0 Å². The van der Waals surface area contributed by atoms with E-state index in [-0.39, 0.29) is 0 Å². The van der Waals surface area contributed by atoms with Crippen LogP contribution in [0.25, 0.3) is 0 Å². The fourth-order valence-corrected chi connectivity index (χ4v) is 2.74. The van der Waals surface area contributed by atoms with Crippen LogP contribution in [0.5, 0.6) is 0 Å². The standard InChI is InChI=1S/C9H16Si2/c1-5-4-8(10)9(11)7(3)6(5)2/h4H,1-3,10-11H3. The maximum atomic E-state index is 2.36. The van der Waals surface area contributed by atoms with Gasteiger partial charge in [-0.15, -0.1) is 0 Å². The van der Waals surface area contributed by atoms with Crippen LogP contribution in [0.1, 0.15) is 16.7 Å². The zero-order valence-corrected chi connectivity index (χ0v) is 12.1. The molecular weight excluding hydrogens is 164 g/mol. The maximum absolute atomic E-state index is 2.36. The first kappa shape index (κ1) is 8.75. The molecule has 0 aliphatic heterocycles. The third kappa shape index (κ3) is 1.46. The van der Waals surface area contributed by atoms with Gasteiger partial charge in [0.2, 0.25) is 0 Å². The van der Waals surface area contributed by atoms with Crippen LogP contribution >= 0.6 is 0 Å². The molecule has 0 heterocycles. The molecule has 0 nitrogen and oxygen atoms in total. The minimum absolute atomic E-state index is 1.21. The van der Waals surface area contributed by atoms with E-state index in [0.717, 1.165) is 0 Å². The molecule has 0 spiro atoms. The Labute approximate surface area is 74.9 Å². The average Bonchev–Trinajstić information content (AvgIpc) is 1.97. The van der Waals surface area contributed by atoms with Crippen molar-refractivity contribution in [3.8, 4) is 0 Å². The Hall–Kier alpha value is -0.346. The van der Waals surface area contributed by atoms with Crippen LogP contribution in [0.15, 0.2) is 6.07 Å². The summed E-state index contributed by atoms with van der Waals surface area (Å²) in [4.78, 5) is 0. The summed E-state index contributed by atoms with van der Waals surface area (Å²) >= 11 is 0. The van der Waals surface area contributed by atoms with E-state index in [1.165, 1.54) is 31.6 Å². The minimum atomic E-state index is 1.21. The Kier molecular flexibility index (Phi) is 2.35. The molecule has 0 saturated heterocycles. The normalized spacial score (nSPS) is 10.8. The van der Waals surface area contributed by atoms with Crippen LogP contribution in [0.2, 0.25) is 0 Å². The van der Waals surface area contributed by atoms with Gasteiger partial charge < -0.3 is 0 Å². The molecule has 0 bridgehead atoms. The van der Waals surface area contributed by atoms with Crippen molar-refractivity contribution in [2.75, 3.05) is 0 Å². The smallest absolute Gasteiger partial charge is 0.0386 e. The third-order valence-electron chi connectivity index (χ3n) is 2.74. The summed E-state index contributed by atoms with van der Waals surface area (Å²) < 4.78 is 0. The summed E-state index contributed by atoms with van der Waals surface area (Å²) in [6.07, 6.45) is 0. The highest BCUT2D eigenvalue weighted by Crippen LogP contribution is 2.06. The molecule has 1 aromatic carbocycles. The molecule has 0 fully saturated rings. The quantitative estimate of drug-likeness (QED) is 0.431. The van der Waals surface area contributed by atoms with Crippen molar-refractivity contribution in [1.82, 2.24) is 0 Å². The first-order valence-corrected chi connectivity index (χ1v) is 6.08. The minimum Gasteiger partial charge on any atom is -0.0720 e. The fourth-order valence-electron chi connectivity index (χ4n) is 1.41. The van der Waals surface area contributed by atoms with E-state index in [4.69, 9.17) is 0 Å². The molecule has 11 heavy (non-hydrogen) atoms. The van der Waals surface area contributed by atoms with Gasteiger partial charge in [0.25, 0.3) is 0 Å². The van der Waals surface area contributed by atoms with E-state index in [1.807, 2.05) is 0 Å². The van der Waals surface area contributed by atoms with Crippen molar-refractivity contribution in [2.45, 2.75) is 20.8 Å². The number of hydrogen-bond donors (Lipinski definition) is 0. The van der Waals surface area contributed by atoms with Gasteiger partial charge in [0.1, 0.15) is 0 Å². The van der Waals surface area contributed by atoms with Crippen molar-refractivity contribution >= 4 is 30.9 Å². The van der Waals surface area contributed by atoms with Crippen molar-refractivity contribution < 1.29 is 0 Å². The second kappa shape index (κ2) is 2.95. The predicted octanol–water partition coefficient (Wildman–Crippen LogP) is -1.41. The van der Waals surface area contributed by atoms with Gasteiger partial charge in [-0.2, -0.15) is 0 Å². The topological polar surface area (TPSA) is 0 Å². The van der Waals surface area contributed by atoms with Gasteiger partial charge in [-0.3, -0.25) is 0 Å². The highest BCUT2D eigenvalue weighted by molar-refractivity contribution is 6.49. The zero-order chi connectivity index (χ0) is 8.59. The first-order valence-electron chi connectivity index (χ1n) is 4.08. The second-order valence-electron chi connectivity index (χ2n) is 3.39. The van der Waals surface area contributed by atoms with Crippen molar-refractivity contribution in [1.29, 1.82) is 0 Å². The Balaban J connectivity index is 3.46. The third-order valence-corrected chi connectivity index (χ3v) is 6.32. The van der Waals surface area contributed by atoms with E-state index in [0.29, 0.717) is 0 Å². The molecule has 0 amide bonds. The SMILES string of the molecule is Cc1cc([SiH3])c([SiH3])c(C)c1C. The lowest BCUT2D eigenvalue weighted by Crippen LogP contribution is -2.29. The van der Waals surface area contributed by atoms with Crippen LogP contribution in [-0.2, 0) is 0 Å². The monoisotopic (exact) mass is 180 g/mol. The lowest BCUT2D eigenvalue weighted by atomic mass is 10.0. The molecular formula is C9H16Si2. The summed E-state index contributed by atoms with van der Waals surface area (Å²) in [5.41, 5.74) is 4.50. The van der Waals surface area contributed by atoms with Crippen LogP contribution in [0.4, 0.5) is 0 Å². The van der Waals surface area contributed by atoms with E-state index >= 15 is 0 Å². The van der Waals surface area contributed by atoms with Crippen LogP contribution in [0, 0.1) is 20.8 Å². The van der Waals surface area contributed by atoms with Gasteiger partial charge in [0, 0.05) is 20.5 Å². The molecule has 60 valence electrons. The van der Waals surface area contributed by atoms with Crippen LogP contribution in [-0.4, -0.2) is 20.5 Å². The van der Waals surface area contributed by atoms with Crippen molar-refractivity contribution in [3.05, 3.63) is 22.8 Å². The molecule has 0 aliphatic carbocycles. The lowest BCUT2D eigenvalue weighted by Gasteiger charge is -2.10. The average molecular weight is 180 g/mol. The summed E-state index contributed by atoms with van der Waals surface area (Å²) in [5.74, 6) is 0. The van der Waals surface area contributed by atoms with Crippen molar-refractivity contribution in [2.24, 2.45) is 0 Å². The molecule has 0 radical (unpaired) electrons. The lowest BCUT2D eigenvalue weighted by molar-refractivity contribution is 1.29. The predicted molar refractivity (Wildman–Crippen MR) is 59.8 cm³/mol.